The lowest BCUT2D eigenvalue weighted by atomic mass is 10.1. The summed E-state index contributed by atoms with van der Waals surface area (Å²) in [5.74, 6) is 0.577. The zero-order valence-corrected chi connectivity index (χ0v) is 8.57. The van der Waals surface area contributed by atoms with Crippen molar-refractivity contribution in [2.45, 2.75) is 6.18 Å². The predicted molar refractivity (Wildman–Crippen MR) is 56.9 cm³/mol. The number of anilines is 1. The zero-order chi connectivity index (χ0) is 12.5. The second-order valence-electron chi connectivity index (χ2n) is 3.38. The van der Waals surface area contributed by atoms with Crippen molar-refractivity contribution >= 4 is 5.82 Å². The molecule has 0 aliphatic rings. The fraction of sp³-hybridized carbons (Fsp3) is 0.0909. The van der Waals surface area contributed by atoms with E-state index in [1.807, 2.05) is 0 Å². The van der Waals surface area contributed by atoms with Crippen LogP contribution in [0.3, 0.4) is 0 Å². The molecule has 1 aromatic heterocycles. The summed E-state index contributed by atoms with van der Waals surface area (Å²) in [7, 11) is 0. The molecule has 2 N–H and O–H groups in total. The molecule has 0 amide bonds. The van der Waals surface area contributed by atoms with Crippen LogP contribution in [0.25, 0.3) is 11.4 Å². The SMILES string of the molecule is Nc1ccnc(-c2ccc(C(F)(F)F)cc2)n1. The molecule has 6 heteroatoms. The number of halogens is 3. The van der Waals surface area contributed by atoms with Crippen LogP contribution in [-0.2, 0) is 6.18 Å². The van der Waals surface area contributed by atoms with Gasteiger partial charge in [-0.2, -0.15) is 13.2 Å². The van der Waals surface area contributed by atoms with E-state index in [-0.39, 0.29) is 5.82 Å². The van der Waals surface area contributed by atoms with Crippen LogP contribution >= 0.6 is 0 Å². The van der Waals surface area contributed by atoms with E-state index in [4.69, 9.17) is 5.73 Å². The lowest BCUT2D eigenvalue weighted by molar-refractivity contribution is -0.137. The molecule has 2 aromatic rings. The lowest BCUT2D eigenvalue weighted by Crippen LogP contribution is -2.04. The van der Waals surface area contributed by atoms with Crippen molar-refractivity contribution in [1.29, 1.82) is 0 Å². The number of nitrogens with zero attached hydrogens (tertiary/aromatic N) is 2. The van der Waals surface area contributed by atoms with Gasteiger partial charge in [0.2, 0.25) is 0 Å². The molecule has 0 unspecified atom stereocenters. The van der Waals surface area contributed by atoms with Crippen LogP contribution in [0.1, 0.15) is 5.56 Å². The fourth-order valence-corrected chi connectivity index (χ4v) is 1.32. The molecule has 0 bridgehead atoms. The molecule has 0 aliphatic heterocycles. The third-order valence-corrected chi connectivity index (χ3v) is 2.15. The minimum Gasteiger partial charge on any atom is -0.384 e. The molecule has 0 radical (unpaired) electrons. The van der Waals surface area contributed by atoms with Crippen LogP contribution in [0, 0.1) is 0 Å². The number of nitrogens with two attached hydrogens (primary N) is 1. The van der Waals surface area contributed by atoms with Crippen molar-refractivity contribution in [2.24, 2.45) is 0 Å². The van der Waals surface area contributed by atoms with E-state index in [9.17, 15) is 13.2 Å². The maximum Gasteiger partial charge on any atom is 0.416 e. The van der Waals surface area contributed by atoms with Gasteiger partial charge in [0, 0.05) is 11.8 Å². The Labute approximate surface area is 95.1 Å². The van der Waals surface area contributed by atoms with Gasteiger partial charge < -0.3 is 5.73 Å². The van der Waals surface area contributed by atoms with Crippen LogP contribution in [0.4, 0.5) is 19.0 Å². The highest BCUT2D eigenvalue weighted by Gasteiger charge is 2.30. The van der Waals surface area contributed by atoms with Gasteiger partial charge in [0.05, 0.1) is 5.56 Å². The zero-order valence-electron chi connectivity index (χ0n) is 8.57. The number of rotatable bonds is 1. The van der Waals surface area contributed by atoms with Crippen LogP contribution in [0.15, 0.2) is 36.5 Å². The van der Waals surface area contributed by atoms with Crippen LogP contribution in [0.5, 0.6) is 0 Å². The molecular formula is C11H8F3N3. The largest absolute Gasteiger partial charge is 0.416 e. The number of hydrogen-bond acceptors (Lipinski definition) is 3. The summed E-state index contributed by atoms with van der Waals surface area (Å²) in [6.45, 7) is 0. The normalized spacial score (nSPS) is 11.5. The highest BCUT2D eigenvalue weighted by atomic mass is 19.4. The van der Waals surface area contributed by atoms with E-state index in [1.54, 1.807) is 0 Å². The first-order valence-electron chi connectivity index (χ1n) is 4.73. The van der Waals surface area contributed by atoms with E-state index in [1.165, 1.54) is 24.4 Å². The van der Waals surface area contributed by atoms with Gasteiger partial charge in [0.25, 0.3) is 0 Å². The monoisotopic (exact) mass is 239 g/mol. The summed E-state index contributed by atoms with van der Waals surface area (Å²) < 4.78 is 37.0. The van der Waals surface area contributed by atoms with Gasteiger partial charge in [-0.05, 0) is 18.2 Å². The molecule has 0 aliphatic carbocycles. The summed E-state index contributed by atoms with van der Waals surface area (Å²) >= 11 is 0. The molecular weight excluding hydrogens is 231 g/mol. The second kappa shape index (κ2) is 4.04. The Balaban J connectivity index is 2.36. The number of aromatic nitrogens is 2. The topological polar surface area (TPSA) is 51.8 Å². The average Bonchev–Trinajstić information content (AvgIpc) is 2.28. The Bertz CT molecular complexity index is 520. The molecule has 0 atom stereocenters. The maximum atomic E-state index is 12.3. The van der Waals surface area contributed by atoms with Gasteiger partial charge in [0.15, 0.2) is 5.82 Å². The summed E-state index contributed by atoms with van der Waals surface area (Å²) in [5, 5.41) is 0. The smallest absolute Gasteiger partial charge is 0.384 e. The van der Waals surface area contributed by atoms with Crippen molar-refractivity contribution in [3.63, 3.8) is 0 Å². The number of hydrogen-bond donors (Lipinski definition) is 1. The third kappa shape index (κ3) is 2.52. The summed E-state index contributed by atoms with van der Waals surface area (Å²) in [6, 6.07) is 6.12. The molecule has 0 spiro atoms. The standard InChI is InChI=1S/C11H8F3N3/c12-11(13,14)8-3-1-7(2-4-8)10-16-6-5-9(15)17-10/h1-6H,(H2,15,16,17). The first-order chi connectivity index (χ1) is 7.97. The van der Waals surface area contributed by atoms with E-state index < -0.39 is 11.7 Å². The number of benzene rings is 1. The van der Waals surface area contributed by atoms with Crippen LogP contribution in [0.2, 0.25) is 0 Å². The second-order valence-corrected chi connectivity index (χ2v) is 3.38. The third-order valence-electron chi connectivity index (χ3n) is 2.15. The molecule has 0 saturated heterocycles. The van der Waals surface area contributed by atoms with Crippen LogP contribution < -0.4 is 5.73 Å². The lowest BCUT2D eigenvalue weighted by Gasteiger charge is -2.07. The molecule has 1 heterocycles. The van der Waals surface area contributed by atoms with Gasteiger partial charge in [-0.3, -0.25) is 0 Å². The van der Waals surface area contributed by atoms with Crippen molar-refractivity contribution in [3.8, 4) is 11.4 Å². The minimum absolute atomic E-state index is 0.273. The molecule has 88 valence electrons. The summed E-state index contributed by atoms with van der Waals surface area (Å²) in [6.07, 6.45) is -2.88. The molecule has 17 heavy (non-hydrogen) atoms. The molecule has 0 fully saturated rings. The Morgan fingerprint density at radius 2 is 1.65 bits per heavy atom. The Morgan fingerprint density at radius 3 is 2.18 bits per heavy atom. The maximum absolute atomic E-state index is 12.3. The fourth-order valence-electron chi connectivity index (χ4n) is 1.32. The number of nitrogen functional groups attached to an aromatic ring is 1. The number of alkyl halides is 3. The van der Waals surface area contributed by atoms with E-state index in [0.29, 0.717) is 11.4 Å². The molecule has 3 nitrogen and oxygen atoms in total. The summed E-state index contributed by atoms with van der Waals surface area (Å²) in [5.41, 5.74) is 5.25. The first kappa shape index (κ1) is 11.4. The quantitative estimate of drug-likeness (QED) is 0.832. The summed E-state index contributed by atoms with van der Waals surface area (Å²) in [4.78, 5) is 7.85. The predicted octanol–water partition coefficient (Wildman–Crippen LogP) is 2.74. The van der Waals surface area contributed by atoms with Gasteiger partial charge in [-0.25, -0.2) is 9.97 Å². The Morgan fingerprint density at radius 1 is 1.00 bits per heavy atom. The minimum atomic E-state index is -4.34. The highest BCUT2D eigenvalue weighted by Crippen LogP contribution is 2.30. The van der Waals surface area contributed by atoms with Crippen molar-refractivity contribution in [1.82, 2.24) is 9.97 Å². The van der Waals surface area contributed by atoms with Crippen molar-refractivity contribution in [2.75, 3.05) is 5.73 Å². The van der Waals surface area contributed by atoms with E-state index >= 15 is 0 Å². The molecule has 0 saturated carbocycles. The highest BCUT2D eigenvalue weighted by molar-refractivity contribution is 5.56. The van der Waals surface area contributed by atoms with Gasteiger partial charge in [-0.15, -0.1) is 0 Å². The van der Waals surface area contributed by atoms with Crippen molar-refractivity contribution in [3.05, 3.63) is 42.1 Å². The van der Waals surface area contributed by atoms with E-state index in [0.717, 1.165) is 12.1 Å². The van der Waals surface area contributed by atoms with Crippen molar-refractivity contribution < 1.29 is 13.2 Å². The molecule has 1 aromatic carbocycles. The van der Waals surface area contributed by atoms with E-state index in [2.05, 4.69) is 9.97 Å². The first-order valence-corrected chi connectivity index (χ1v) is 4.73. The Hall–Kier alpha value is -2.11. The van der Waals surface area contributed by atoms with Gasteiger partial charge in [0.1, 0.15) is 5.82 Å². The average molecular weight is 239 g/mol. The Kier molecular flexibility index (Phi) is 2.71. The molecule has 2 rings (SSSR count). The van der Waals surface area contributed by atoms with Crippen LogP contribution in [-0.4, -0.2) is 9.97 Å². The van der Waals surface area contributed by atoms with Gasteiger partial charge in [-0.1, -0.05) is 12.1 Å². The van der Waals surface area contributed by atoms with Gasteiger partial charge >= 0.3 is 6.18 Å².